The maximum absolute atomic E-state index is 11.7. The van der Waals surface area contributed by atoms with Crippen molar-refractivity contribution in [3.05, 3.63) is 18.0 Å². The number of carbonyl (C=O) groups is 1. The second-order valence-electron chi connectivity index (χ2n) is 4.49. The fourth-order valence-corrected chi connectivity index (χ4v) is 2.19. The quantitative estimate of drug-likeness (QED) is 0.739. The molecule has 1 fully saturated rings. The number of aromatic nitrogens is 2. The van der Waals surface area contributed by atoms with Gasteiger partial charge in [0.1, 0.15) is 5.54 Å². The van der Waals surface area contributed by atoms with E-state index in [1.54, 1.807) is 13.2 Å². The number of aryl methyl sites for hydroxylation is 1. The van der Waals surface area contributed by atoms with Crippen LogP contribution in [0.1, 0.15) is 18.5 Å². The predicted octanol–water partition coefficient (Wildman–Crippen LogP) is 0.0450. The van der Waals surface area contributed by atoms with Gasteiger partial charge in [0.05, 0.1) is 6.54 Å². The van der Waals surface area contributed by atoms with Crippen LogP contribution in [-0.2, 0) is 11.3 Å². The molecule has 1 heterocycles. The number of hydrogen-bond donors (Lipinski definition) is 2. The van der Waals surface area contributed by atoms with Crippen molar-refractivity contribution in [3.63, 3.8) is 0 Å². The Hall–Kier alpha value is -1.36. The molecule has 2 rings (SSSR count). The van der Waals surface area contributed by atoms with Gasteiger partial charge in [0.25, 0.3) is 0 Å². The van der Waals surface area contributed by atoms with Gasteiger partial charge >= 0.3 is 0 Å². The van der Waals surface area contributed by atoms with Crippen LogP contribution in [0.2, 0.25) is 0 Å². The minimum absolute atomic E-state index is 0.285. The van der Waals surface area contributed by atoms with Gasteiger partial charge in [0, 0.05) is 11.9 Å². The molecule has 1 aliphatic carbocycles. The van der Waals surface area contributed by atoms with Gasteiger partial charge in [-0.2, -0.15) is 5.10 Å². The van der Waals surface area contributed by atoms with Gasteiger partial charge in [-0.25, -0.2) is 0 Å². The van der Waals surface area contributed by atoms with E-state index in [0.717, 1.165) is 18.5 Å². The largest absolute Gasteiger partial charge is 0.368 e. The molecular weight excluding hydrogens is 204 g/mol. The number of nitrogens with one attached hydrogen (secondary N) is 1. The number of nitrogens with zero attached hydrogens (tertiary/aromatic N) is 2. The monoisotopic (exact) mass is 222 g/mol. The zero-order chi connectivity index (χ0) is 11.8. The zero-order valence-electron chi connectivity index (χ0n) is 9.73. The third-order valence-electron chi connectivity index (χ3n) is 3.49. The second kappa shape index (κ2) is 3.90. The highest BCUT2D eigenvalue weighted by molar-refractivity contribution is 5.85. The molecule has 1 atom stereocenters. The van der Waals surface area contributed by atoms with Crippen LogP contribution in [-0.4, -0.2) is 28.3 Å². The van der Waals surface area contributed by atoms with E-state index in [-0.39, 0.29) is 5.91 Å². The van der Waals surface area contributed by atoms with Gasteiger partial charge in [-0.3, -0.25) is 9.48 Å². The van der Waals surface area contributed by atoms with Crippen molar-refractivity contribution in [1.29, 1.82) is 0 Å². The average molecular weight is 222 g/mol. The summed E-state index contributed by atoms with van der Waals surface area (Å²) in [5, 5.41) is 7.32. The highest BCUT2D eigenvalue weighted by Crippen LogP contribution is 2.40. The fourth-order valence-electron chi connectivity index (χ4n) is 2.19. The van der Waals surface area contributed by atoms with Gasteiger partial charge < -0.3 is 11.1 Å². The molecule has 1 aromatic rings. The lowest BCUT2D eigenvalue weighted by Gasteiger charge is -2.30. The highest BCUT2D eigenvalue weighted by atomic mass is 16.1. The lowest BCUT2D eigenvalue weighted by molar-refractivity contribution is -0.125. The van der Waals surface area contributed by atoms with Crippen molar-refractivity contribution in [2.45, 2.75) is 31.8 Å². The van der Waals surface area contributed by atoms with Gasteiger partial charge in [-0.1, -0.05) is 0 Å². The average Bonchev–Trinajstić information content (AvgIpc) is 3.01. The Morgan fingerprint density at radius 1 is 1.75 bits per heavy atom. The summed E-state index contributed by atoms with van der Waals surface area (Å²) >= 11 is 0. The summed E-state index contributed by atoms with van der Waals surface area (Å²) in [5.74, 6) is 0.0611. The normalized spacial score (nSPS) is 19.4. The van der Waals surface area contributed by atoms with Crippen LogP contribution in [0.4, 0.5) is 0 Å². The maximum atomic E-state index is 11.7. The number of amides is 1. The molecule has 0 aliphatic heterocycles. The van der Waals surface area contributed by atoms with Crippen molar-refractivity contribution >= 4 is 5.91 Å². The Morgan fingerprint density at radius 2 is 2.44 bits per heavy atom. The summed E-state index contributed by atoms with van der Waals surface area (Å²) in [4.78, 5) is 11.7. The molecule has 5 nitrogen and oxygen atoms in total. The number of likely N-dealkylation sites (N-methyl/N-ethyl adjacent to an activating group) is 1. The first kappa shape index (κ1) is 11.1. The topological polar surface area (TPSA) is 72.9 Å². The van der Waals surface area contributed by atoms with Crippen molar-refractivity contribution in [3.8, 4) is 0 Å². The fraction of sp³-hybridized carbons (Fsp3) is 0.636. The van der Waals surface area contributed by atoms with Crippen LogP contribution < -0.4 is 11.1 Å². The standard InChI is InChI=1S/C11H18N4O/c1-8-5-6-14-15(8)7-11(13-2,10(12)16)9-3-4-9/h5-6,9,13H,3-4,7H2,1-2H3,(H2,12,16). The molecule has 1 aromatic heterocycles. The molecule has 1 aliphatic rings. The number of hydrogen-bond acceptors (Lipinski definition) is 3. The van der Waals surface area contributed by atoms with Crippen LogP contribution in [0.5, 0.6) is 0 Å². The van der Waals surface area contributed by atoms with E-state index < -0.39 is 5.54 Å². The van der Waals surface area contributed by atoms with Gasteiger partial charge in [-0.05, 0) is 38.8 Å². The molecule has 1 unspecified atom stereocenters. The van der Waals surface area contributed by atoms with Crippen LogP contribution in [0.15, 0.2) is 12.3 Å². The Bertz CT molecular complexity index is 396. The number of carbonyl (C=O) groups excluding carboxylic acids is 1. The molecule has 0 spiro atoms. The Balaban J connectivity index is 2.26. The van der Waals surface area contributed by atoms with Crippen LogP contribution in [0, 0.1) is 12.8 Å². The van der Waals surface area contributed by atoms with E-state index in [2.05, 4.69) is 10.4 Å². The van der Waals surface area contributed by atoms with Crippen molar-refractivity contribution in [1.82, 2.24) is 15.1 Å². The smallest absolute Gasteiger partial charge is 0.239 e. The van der Waals surface area contributed by atoms with Crippen LogP contribution in [0.25, 0.3) is 0 Å². The van der Waals surface area contributed by atoms with E-state index in [9.17, 15) is 4.79 Å². The summed E-state index contributed by atoms with van der Waals surface area (Å²) in [6.07, 6.45) is 3.86. The lowest BCUT2D eigenvalue weighted by Crippen LogP contribution is -2.58. The molecular formula is C11H18N4O. The summed E-state index contributed by atoms with van der Waals surface area (Å²) in [7, 11) is 1.79. The first-order valence-electron chi connectivity index (χ1n) is 5.57. The van der Waals surface area contributed by atoms with Gasteiger partial charge in [0.2, 0.25) is 5.91 Å². The van der Waals surface area contributed by atoms with Crippen LogP contribution >= 0.6 is 0 Å². The first-order chi connectivity index (χ1) is 7.60. The van der Waals surface area contributed by atoms with Crippen LogP contribution in [0.3, 0.4) is 0 Å². The molecule has 16 heavy (non-hydrogen) atoms. The molecule has 1 amide bonds. The summed E-state index contributed by atoms with van der Waals surface area (Å²) in [6, 6.07) is 1.92. The van der Waals surface area contributed by atoms with E-state index >= 15 is 0 Å². The molecule has 0 saturated heterocycles. The zero-order valence-corrected chi connectivity index (χ0v) is 9.73. The van der Waals surface area contributed by atoms with Gasteiger partial charge in [-0.15, -0.1) is 0 Å². The molecule has 3 N–H and O–H groups in total. The third kappa shape index (κ3) is 1.71. The minimum atomic E-state index is -0.642. The summed E-state index contributed by atoms with van der Waals surface area (Å²) in [6.45, 7) is 2.49. The molecule has 1 saturated carbocycles. The number of rotatable bonds is 5. The molecule has 0 radical (unpaired) electrons. The van der Waals surface area contributed by atoms with Crippen molar-refractivity contribution in [2.24, 2.45) is 11.7 Å². The Labute approximate surface area is 95.0 Å². The molecule has 5 heteroatoms. The maximum Gasteiger partial charge on any atom is 0.239 e. The second-order valence-corrected chi connectivity index (χ2v) is 4.49. The van der Waals surface area contributed by atoms with Crippen molar-refractivity contribution in [2.75, 3.05) is 7.05 Å². The molecule has 88 valence electrons. The predicted molar refractivity (Wildman–Crippen MR) is 60.7 cm³/mol. The highest BCUT2D eigenvalue weighted by Gasteiger charge is 2.49. The molecule has 0 bridgehead atoms. The van der Waals surface area contributed by atoms with Gasteiger partial charge in [0.15, 0.2) is 0 Å². The Kier molecular flexibility index (Phi) is 2.71. The van der Waals surface area contributed by atoms with E-state index in [4.69, 9.17) is 5.73 Å². The Morgan fingerprint density at radius 3 is 2.81 bits per heavy atom. The third-order valence-corrected chi connectivity index (χ3v) is 3.49. The van der Waals surface area contributed by atoms with E-state index in [0.29, 0.717) is 12.5 Å². The summed E-state index contributed by atoms with van der Waals surface area (Å²) < 4.78 is 1.83. The number of primary amides is 1. The molecule has 0 aromatic carbocycles. The van der Waals surface area contributed by atoms with Crippen molar-refractivity contribution < 1.29 is 4.79 Å². The van der Waals surface area contributed by atoms with E-state index in [1.807, 2.05) is 17.7 Å². The summed E-state index contributed by atoms with van der Waals surface area (Å²) in [5.41, 5.74) is 5.95. The SMILES string of the molecule is CNC(Cn1nccc1C)(C(N)=O)C1CC1. The lowest BCUT2D eigenvalue weighted by atomic mass is 9.92. The van der Waals surface area contributed by atoms with E-state index in [1.165, 1.54) is 0 Å². The number of nitrogens with two attached hydrogens (primary N) is 1. The first-order valence-corrected chi connectivity index (χ1v) is 5.57. The minimum Gasteiger partial charge on any atom is -0.368 e.